The highest BCUT2D eigenvalue weighted by Gasteiger charge is 2.30. The molecule has 0 saturated carbocycles. The third-order valence-corrected chi connectivity index (χ3v) is 5.45. The first-order valence-corrected chi connectivity index (χ1v) is 10.6. The van der Waals surface area contributed by atoms with Crippen molar-refractivity contribution in [1.29, 1.82) is 0 Å². The fourth-order valence-corrected chi connectivity index (χ4v) is 3.95. The van der Waals surface area contributed by atoms with E-state index >= 15 is 0 Å². The van der Waals surface area contributed by atoms with Gasteiger partial charge in [-0.3, -0.25) is 14.9 Å². The molecule has 0 aliphatic heterocycles. The average molecular weight is 421 g/mol. The number of carbonyl (C=O) groups is 1. The van der Waals surface area contributed by atoms with Crippen LogP contribution in [0.2, 0.25) is 0 Å². The van der Waals surface area contributed by atoms with Crippen LogP contribution in [0.4, 0.5) is 5.69 Å². The Hall–Kier alpha value is -2.74. The molecule has 2 N–H and O–H groups in total. The second kappa shape index (κ2) is 10.2. The zero-order valence-corrected chi connectivity index (χ0v) is 17.3. The van der Waals surface area contributed by atoms with Gasteiger partial charge in [0.2, 0.25) is 0 Å². The average Bonchev–Trinajstić information content (AvgIpc) is 2.67. The number of non-ortho nitro benzene ring substituents is 1. The Labute approximate surface area is 169 Å². The maximum absolute atomic E-state index is 13.4. The number of hydrogen-bond acceptors (Lipinski definition) is 6. The first kappa shape index (κ1) is 22.5. The van der Waals surface area contributed by atoms with E-state index in [2.05, 4.69) is 10.2 Å². The third kappa shape index (κ3) is 7.30. The molecule has 0 amide bonds. The molecule has 2 aromatic carbocycles. The van der Waals surface area contributed by atoms with Crippen molar-refractivity contribution in [2.45, 2.75) is 39.5 Å². The number of hydrogen-bond donors (Lipinski definition) is 2. The number of ether oxygens (including phenoxy) is 1. The monoisotopic (exact) mass is 421 g/mol. The fraction of sp³-hybridized carbons (Fsp3) is 0.316. The van der Waals surface area contributed by atoms with Crippen molar-refractivity contribution >= 4 is 19.3 Å². The second-order valence-electron chi connectivity index (χ2n) is 6.55. The lowest BCUT2D eigenvalue weighted by Gasteiger charge is -2.24. The molecule has 0 aliphatic carbocycles. The summed E-state index contributed by atoms with van der Waals surface area (Å²) in [7, 11) is -3.77. The van der Waals surface area contributed by atoms with E-state index in [-0.39, 0.29) is 24.1 Å². The molecule has 0 fully saturated rings. The molecular weight excluding hydrogens is 397 g/mol. The Balaban J connectivity index is 2.17. The summed E-state index contributed by atoms with van der Waals surface area (Å²) in [5.41, 5.74) is 0.741. The summed E-state index contributed by atoms with van der Waals surface area (Å²) >= 11 is 0. The lowest BCUT2D eigenvalue weighted by molar-refractivity contribution is -0.384. The van der Waals surface area contributed by atoms with Crippen molar-refractivity contribution in [3.05, 3.63) is 70.3 Å². The first-order chi connectivity index (χ1) is 13.7. The normalized spacial score (nSPS) is 14.1. The third-order valence-electron chi connectivity index (χ3n) is 3.68. The molecule has 0 radical (unpaired) electrons. The summed E-state index contributed by atoms with van der Waals surface area (Å²) in [6.45, 7) is 5.15. The van der Waals surface area contributed by atoms with Crippen LogP contribution in [0.3, 0.4) is 0 Å². The summed E-state index contributed by atoms with van der Waals surface area (Å²) < 4.78 is 24.1. The van der Waals surface area contributed by atoms with E-state index in [0.717, 1.165) is 5.56 Å². The molecule has 9 nitrogen and oxygen atoms in total. The SMILES string of the molecule is CC(C)OC(=O)[C@H](C)NP(=O)(NCc1ccccc1)Oc1ccc([N+](=O)[O-])cc1. The van der Waals surface area contributed by atoms with Crippen molar-refractivity contribution < 1.29 is 23.5 Å². The van der Waals surface area contributed by atoms with Crippen LogP contribution in [-0.2, 0) is 20.6 Å². The number of esters is 1. The lowest BCUT2D eigenvalue weighted by Crippen LogP contribution is -2.39. The molecule has 0 spiro atoms. The Bertz CT molecular complexity index is 873. The number of rotatable bonds is 10. The van der Waals surface area contributed by atoms with E-state index in [0.29, 0.717) is 0 Å². The van der Waals surface area contributed by atoms with E-state index in [1.165, 1.54) is 31.2 Å². The molecule has 0 saturated heterocycles. The van der Waals surface area contributed by atoms with Crippen molar-refractivity contribution in [1.82, 2.24) is 10.2 Å². The van der Waals surface area contributed by atoms with Crippen LogP contribution in [0.15, 0.2) is 54.6 Å². The highest BCUT2D eigenvalue weighted by atomic mass is 31.2. The van der Waals surface area contributed by atoms with Crippen LogP contribution in [0, 0.1) is 10.1 Å². The van der Waals surface area contributed by atoms with Gasteiger partial charge in [-0.25, -0.2) is 14.7 Å². The van der Waals surface area contributed by atoms with Crippen LogP contribution in [-0.4, -0.2) is 23.0 Å². The molecule has 29 heavy (non-hydrogen) atoms. The second-order valence-corrected chi connectivity index (χ2v) is 8.41. The van der Waals surface area contributed by atoms with Crippen molar-refractivity contribution in [2.24, 2.45) is 0 Å². The van der Waals surface area contributed by atoms with E-state index in [1.54, 1.807) is 13.8 Å². The number of nitrogens with zero attached hydrogens (tertiary/aromatic N) is 1. The minimum atomic E-state index is -3.77. The minimum Gasteiger partial charge on any atom is -0.462 e. The summed E-state index contributed by atoms with van der Waals surface area (Å²) in [6, 6.07) is 13.5. The predicted molar refractivity (Wildman–Crippen MR) is 108 cm³/mol. The van der Waals surface area contributed by atoms with Gasteiger partial charge in [0, 0.05) is 18.7 Å². The van der Waals surface area contributed by atoms with E-state index in [9.17, 15) is 19.5 Å². The first-order valence-electron chi connectivity index (χ1n) is 9.00. The highest BCUT2D eigenvalue weighted by molar-refractivity contribution is 7.55. The van der Waals surface area contributed by atoms with Gasteiger partial charge in [0.15, 0.2) is 0 Å². The molecule has 2 rings (SSSR count). The number of nitro benzene ring substituents is 1. The Morgan fingerprint density at radius 1 is 1.10 bits per heavy atom. The van der Waals surface area contributed by atoms with Crippen molar-refractivity contribution in [2.75, 3.05) is 0 Å². The zero-order chi connectivity index (χ0) is 21.4. The van der Waals surface area contributed by atoms with E-state index in [4.69, 9.17) is 9.26 Å². The van der Waals surface area contributed by atoms with Crippen molar-refractivity contribution in [3.63, 3.8) is 0 Å². The number of nitrogens with one attached hydrogen (secondary N) is 2. The van der Waals surface area contributed by atoms with Gasteiger partial charge in [0.1, 0.15) is 11.8 Å². The van der Waals surface area contributed by atoms with Gasteiger partial charge in [0.25, 0.3) is 5.69 Å². The highest BCUT2D eigenvalue weighted by Crippen LogP contribution is 2.40. The van der Waals surface area contributed by atoms with Crippen LogP contribution in [0.1, 0.15) is 26.3 Å². The summed E-state index contributed by atoms with van der Waals surface area (Å²) in [5.74, 6) is -0.426. The largest absolute Gasteiger partial charge is 0.462 e. The van der Waals surface area contributed by atoms with Crippen molar-refractivity contribution in [3.8, 4) is 5.75 Å². The molecule has 0 aromatic heterocycles. The van der Waals surface area contributed by atoms with Crippen LogP contribution in [0.5, 0.6) is 5.75 Å². The molecule has 2 atom stereocenters. The molecule has 2 aromatic rings. The molecule has 0 bridgehead atoms. The van der Waals surface area contributed by atoms with Crippen LogP contribution >= 0.6 is 7.67 Å². The smallest absolute Gasteiger partial charge is 0.391 e. The van der Waals surface area contributed by atoms with Gasteiger partial charge in [-0.15, -0.1) is 0 Å². The number of carbonyl (C=O) groups excluding carboxylic acids is 1. The maximum Gasteiger partial charge on any atom is 0.391 e. The van der Waals surface area contributed by atoms with E-state index < -0.39 is 24.6 Å². The predicted octanol–water partition coefficient (Wildman–Crippen LogP) is 3.80. The molecule has 0 heterocycles. The quantitative estimate of drug-likeness (QED) is 0.257. The Morgan fingerprint density at radius 3 is 2.28 bits per heavy atom. The Kier molecular flexibility index (Phi) is 7.90. The van der Waals surface area contributed by atoms with Gasteiger partial charge in [-0.2, -0.15) is 0 Å². The topological polar surface area (TPSA) is 120 Å². The minimum absolute atomic E-state index is 0.119. The van der Waals surface area contributed by atoms with Gasteiger partial charge >= 0.3 is 13.6 Å². The van der Waals surface area contributed by atoms with E-state index in [1.807, 2.05) is 30.3 Å². The molecular formula is C19H24N3O6P. The Morgan fingerprint density at radius 2 is 1.72 bits per heavy atom. The van der Waals surface area contributed by atoms with Gasteiger partial charge < -0.3 is 9.26 Å². The van der Waals surface area contributed by atoms with Gasteiger partial charge in [-0.1, -0.05) is 30.3 Å². The van der Waals surface area contributed by atoms with Crippen LogP contribution < -0.4 is 14.7 Å². The number of benzene rings is 2. The fourth-order valence-electron chi connectivity index (χ4n) is 2.31. The summed E-state index contributed by atoms with van der Waals surface area (Å²) in [5, 5.41) is 16.3. The zero-order valence-electron chi connectivity index (χ0n) is 16.4. The molecule has 0 aliphatic rings. The molecule has 10 heteroatoms. The standard InChI is InChI=1S/C19H24N3O6P/c1-14(2)27-19(23)15(3)21-29(26,20-13-16-7-5-4-6-8-16)28-18-11-9-17(10-12-18)22(24)25/h4-12,14-15H,13H2,1-3H3,(H2,20,21,26)/t15-,29?/m0/s1. The van der Waals surface area contributed by atoms with Gasteiger partial charge in [-0.05, 0) is 38.5 Å². The molecule has 156 valence electrons. The summed E-state index contributed by atoms with van der Waals surface area (Å²) in [6.07, 6.45) is -0.320. The lowest BCUT2D eigenvalue weighted by atomic mass is 10.2. The number of nitro groups is 1. The van der Waals surface area contributed by atoms with Gasteiger partial charge in [0.05, 0.1) is 11.0 Å². The summed E-state index contributed by atoms with van der Waals surface area (Å²) in [4.78, 5) is 22.4. The maximum atomic E-state index is 13.4. The molecule has 1 unspecified atom stereocenters. The van der Waals surface area contributed by atoms with Crippen LogP contribution in [0.25, 0.3) is 0 Å².